The van der Waals surface area contributed by atoms with E-state index < -0.39 is 0 Å². The van der Waals surface area contributed by atoms with Gasteiger partial charge in [0.2, 0.25) is 0 Å². The van der Waals surface area contributed by atoms with E-state index in [4.69, 9.17) is 10.5 Å². The first-order chi connectivity index (χ1) is 12.2. The minimum absolute atomic E-state index is 0.248. The molecule has 124 valence electrons. The number of halogens is 1. The first-order valence-electron chi connectivity index (χ1n) is 7.42. The molecule has 3 N–H and O–H groups in total. The number of rotatable bonds is 3. The zero-order valence-corrected chi connectivity index (χ0v) is 13.2. The minimum Gasteiger partial charge on any atom is -0.493 e. The molecule has 4 rings (SSSR count). The lowest BCUT2D eigenvalue weighted by molar-refractivity contribution is 0.416. The van der Waals surface area contributed by atoms with E-state index in [1.54, 1.807) is 24.4 Å². The van der Waals surface area contributed by atoms with Gasteiger partial charge in [-0.1, -0.05) is 0 Å². The lowest BCUT2D eigenvalue weighted by Crippen LogP contribution is -1.99. The van der Waals surface area contributed by atoms with Crippen molar-refractivity contribution >= 4 is 16.9 Å². The Kier molecular flexibility index (Phi) is 3.50. The van der Waals surface area contributed by atoms with Crippen LogP contribution in [0.25, 0.3) is 33.5 Å². The van der Waals surface area contributed by atoms with Gasteiger partial charge in [-0.05, 0) is 24.3 Å². The Morgan fingerprint density at radius 2 is 1.96 bits per heavy atom. The Morgan fingerprint density at radius 3 is 2.72 bits per heavy atom. The average molecular weight is 336 g/mol. The number of hydrogen-bond acceptors (Lipinski definition) is 6. The quantitative estimate of drug-likeness (QED) is 0.596. The Balaban J connectivity index is 1.93. The predicted molar refractivity (Wildman–Crippen MR) is 91.3 cm³/mol. The molecule has 8 heteroatoms. The highest BCUT2D eigenvalue weighted by molar-refractivity contribution is 5.94. The van der Waals surface area contributed by atoms with E-state index in [2.05, 4.69) is 25.1 Å². The zero-order chi connectivity index (χ0) is 17.4. The van der Waals surface area contributed by atoms with Crippen LogP contribution in [0, 0.1) is 5.82 Å². The van der Waals surface area contributed by atoms with E-state index >= 15 is 0 Å². The van der Waals surface area contributed by atoms with Gasteiger partial charge in [0.15, 0.2) is 11.6 Å². The van der Waals surface area contributed by atoms with E-state index in [1.807, 2.05) is 0 Å². The molecule has 0 aliphatic rings. The second kappa shape index (κ2) is 5.82. The minimum atomic E-state index is -0.307. The SMILES string of the molecule is COc1cc2ncnc(-c3cn[nH]c3-c3ccc(F)cc3)c2nc1N. The number of methoxy groups -OCH3 is 1. The van der Waals surface area contributed by atoms with Crippen molar-refractivity contribution in [3.05, 3.63) is 48.7 Å². The molecule has 3 heterocycles. The van der Waals surface area contributed by atoms with E-state index in [0.29, 0.717) is 28.2 Å². The normalized spacial score (nSPS) is 11.0. The van der Waals surface area contributed by atoms with Gasteiger partial charge in [0.1, 0.15) is 23.4 Å². The maximum atomic E-state index is 13.2. The van der Waals surface area contributed by atoms with Crippen molar-refractivity contribution in [1.29, 1.82) is 0 Å². The monoisotopic (exact) mass is 336 g/mol. The molecule has 0 fully saturated rings. The molecule has 0 bridgehead atoms. The maximum Gasteiger partial charge on any atom is 0.166 e. The first kappa shape index (κ1) is 15.0. The molecular weight excluding hydrogens is 323 g/mol. The second-order valence-corrected chi connectivity index (χ2v) is 5.33. The fourth-order valence-corrected chi connectivity index (χ4v) is 2.64. The van der Waals surface area contributed by atoms with E-state index in [1.165, 1.54) is 25.6 Å². The number of nitrogens with one attached hydrogen (secondary N) is 1. The zero-order valence-electron chi connectivity index (χ0n) is 13.2. The third-order valence-corrected chi connectivity index (χ3v) is 3.85. The number of benzene rings is 1. The summed E-state index contributed by atoms with van der Waals surface area (Å²) in [5, 5.41) is 7.02. The Morgan fingerprint density at radius 1 is 1.16 bits per heavy atom. The number of ether oxygens (including phenoxy) is 1. The smallest absolute Gasteiger partial charge is 0.166 e. The van der Waals surface area contributed by atoms with Crippen LogP contribution in [0.2, 0.25) is 0 Å². The number of H-pyrrole nitrogens is 1. The van der Waals surface area contributed by atoms with Crippen LogP contribution in [0.5, 0.6) is 5.75 Å². The summed E-state index contributed by atoms with van der Waals surface area (Å²) in [7, 11) is 1.52. The highest BCUT2D eigenvalue weighted by atomic mass is 19.1. The standard InChI is InChI=1S/C17H13FN6O/c1-25-13-6-12-16(23-17(13)19)15(21-8-20-12)11-7-22-24-14(11)9-2-4-10(18)5-3-9/h2-8H,1H3,(H2,19,23)(H,22,24). The molecule has 7 nitrogen and oxygen atoms in total. The van der Waals surface area contributed by atoms with Crippen LogP contribution < -0.4 is 10.5 Å². The van der Waals surface area contributed by atoms with Gasteiger partial charge in [-0.2, -0.15) is 5.10 Å². The average Bonchev–Trinajstić information content (AvgIpc) is 3.11. The lowest BCUT2D eigenvalue weighted by atomic mass is 10.0. The third-order valence-electron chi connectivity index (χ3n) is 3.85. The summed E-state index contributed by atoms with van der Waals surface area (Å²) in [6.45, 7) is 0. The molecule has 0 atom stereocenters. The van der Waals surface area contributed by atoms with Crippen molar-refractivity contribution in [3.63, 3.8) is 0 Å². The van der Waals surface area contributed by atoms with Crippen molar-refractivity contribution in [2.45, 2.75) is 0 Å². The molecule has 0 unspecified atom stereocenters. The molecule has 0 spiro atoms. The van der Waals surface area contributed by atoms with Crippen LogP contribution in [0.3, 0.4) is 0 Å². The van der Waals surface area contributed by atoms with Crippen molar-refractivity contribution in [3.8, 4) is 28.3 Å². The molecule has 4 aromatic rings. The summed E-state index contributed by atoms with van der Waals surface area (Å²) >= 11 is 0. The Bertz CT molecular complexity index is 1060. The van der Waals surface area contributed by atoms with Crippen molar-refractivity contribution in [1.82, 2.24) is 25.1 Å². The topological polar surface area (TPSA) is 103 Å². The Hall–Kier alpha value is -3.55. The number of aromatic amines is 1. The highest BCUT2D eigenvalue weighted by Gasteiger charge is 2.17. The summed E-state index contributed by atoms with van der Waals surface area (Å²) < 4.78 is 18.4. The van der Waals surface area contributed by atoms with Crippen LogP contribution in [-0.4, -0.2) is 32.3 Å². The summed E-state index contributed by atoms with van der Waals surface area (Å²) in [6.07, 6.45) is 3.08. The summed E-state index contributed by atoms with van der Waals surface area (Å²) in [5.74, 6) is 0.389. The molecule has 3 aromatic heterocycles. The van der Waals surface area contributed by atoms with E-state index in [0.717, 1.165) is 11.1 Å². The van der Waals surface area contributed by atoms with Crippen LogP contribution in [-0.2, 0) is 0 Å². The predicted octanol–water partition coefficient (Wildman–Crippen LogP) is 2.81. The maximum absolute atomic E-state index is 13.2. The number of nitrogens with two attached hydrogens (primary N) is 1. The van der Waals surface area contributed by atoms with Gasteiger partial charge in [0.25, 0.3) is 0 Å². The van der Waals surface area contributed by atoms with Gasteiger partial charge in [-0.25, -0.2) is 19.3 Å². The summed E-state index contributed by atoms with van der Waals surface area (Å²) in [5.41, 5.74) is 9.84. The number of nitrogen functional groups attached to an aromatic ring is 1. The third kappa shape index (κ3) is 2.53. The van der Waals surface area contributed by atoms with Gasteiger partial charge < -0.3 is 10.5 Å². The molecule has 0 aliphatic carbocycles. The molecule has 0 saturated carbocycles. The molecule has 1 aromatic carbocycles. The van der Waals surface area contributed by atoms with Gasteiger partial charge in [0, 0.05) is 17.2 Å². The van der Waals surface area contributed by atoms with Crippen molar-refractivity contribution in [2.75, 3.05) is 12.8 Å². The van der Waals surface area contributed by atoms with Crippen LogP contribution >= 0.6 is 0 Å². The first-order valence-corrected chi connectivity index (χ1v) is 7.42. The molecule has 0 amide bonds. The lowest BCUT2D eigenvalue weighted by Gasteiger charge is -2.08. The van der Waals surface area contributed by atoms with Gasteiger partial charge in [0.05, 0.1) is 24.5 Å². The van der Waals surface area contributed by atoms with Crippen LogP contribution in [0.15, 0.2) is 42.9 Å². The van der Waals surface area contributed by atoms with E-state index in [9.17, 15) is 4.39 Å². The second-order valence-electron chi connectivity index (χ2n) is 5.33. The number of anilines is 1. The number of pyridine rings is 1. The molecule has 25 heavy (non-hydrogen) atoms. The fourth-order valence-electron chi connectivity index (χ4n) is 2.64. The number of hydrogen-bond donors (Lipinski definition) is 2. The molecule has 0 saturated heterocycles. The highest BCUT2D eigenvalue weighted by Crippen LogP contribution is 2.34. The van der Waals surface area contributed by atoms with Gasteiger partial charge >= 0.3 is 0 Å². The summed E-state index contributed by atoms with van der Waals surface area (Å²) in [6, 6.07) is 7.82. The van der Waals surface area contributed by atoms with Crippen molar-refractivity contribution < 1.29 is 9.13 Å². The molecular formula is C17H13FN6O. The number of nitrogens with zero attached hydrogens (tertiary/aromatic N) is 4. The number of fused-ring (bicyclic) bond motifs is 1. The van der Waals surface area contributed by atoms with Gasteiger partial charge in [-0.3, -0.25) is 5.10 Å². The molecule has 0 radical (unpaired) electrons. The van der Waals surface area contributed by atoms with Crippen LogP contribution in [0.1, 0.15) is 0 Å². The fraction of sp³-hybridized carbons (Fsp3) is 0.0588. The Labute approximate surface area is 141 Å². The summed E-state index contributed by atoms with van der Waals surface area (Å²) in [4.78, 5) is 12.9. The number of aromatic nitrogens is 5. The van der Waals surface area contributed by atoms with E-state index in [-0.39, 0.29) is 11.6 Å². The van der Waals surface area contributed by atoms with Crippen molar-refractivity contribution in [2.24, 2.45) is 0 Å². The largest absolute Gasteiger partial charge is 0.493 e. The van der Waals surface area contributed by atoms with Crippen LogP contribution in [0.4, 0.5) is 10.2 Å². The van der Waals surface area contributed by atoms with Gasteiger partial charge in [-0.15, -0.1) is 0 Å². The molecule has 0 aliphatic heterocycles.